The summed E-state index contributed by atoms with van der Waals surface area (Å²) in [5, 5.41) is 10.9. The molecular weight excluding hydrogens is 206 g/mol. The number of nitrogens with two attached hydrogens (primary N) is 1. The van der Waals surface area contributed by atoms with E-state index in [1.54, 1.807) is 0 Å². The van der Waals surface area contributed by atoms with Crippen molar-refractivity contribution >= 4 is 5.91 Å². The maximum Gasteiger partial charge on any atom is 0.246 e. The van der Waals surface area contributed by atoms with Gasteiger partial charge >= 0.3 is 0 Å². The minimum Gasteiger partial charge on any atom is -0.368 e. The standard InChI is InChI=1S/C11H19N3O2/c12-5-2-6-14-11(15)8-16-10-4-1-3-9(10)7-13/h9-10H,1-4,6-8,13H2,(H,14,15). The normalized spacial score (nSPS) is 24.0. The Morgan fingerprint density at radius 3 is 3.06 bits per heavy atom. The van der Waals surface area contributed by atoms with Crippen LogP contribution in [0, 0.1) is 17.2 Å². The molecule has 0 heterocycles. The number of nitriles is 1. The average Bonchev–Trinajstić information content (AvgIpc) is 2.74. The number of rotatable bonds is 6. The molecule has 0 saturated heterocycles. The van der Waals surface area contributed by atoms with E-state index in [2.05, 4.69) is 5.32 Å². The molecule has 5 nitrogen and oxygen atoms in total. The molecule has 0 aromatic rings. The third-order valence-corrected chi connectivity index (χ3v) is 2.88. The second kappa shape index (κ2) is 7.20. The van der Waals surface area contributed by atoms with Gasteiger partial charge in [0.05, 0.1) is 18.6 Å². The Hall–Kier alpha value is -1.12. The van der Waals surface area contributed by atoms with Gasteiger partial charge in [0.1, 0.15) is 6.61 Å². The Morgan fingerprint density at radius 1 is 1.56 bits per heavy atom. The fraction of sp³-hybridized carbons (Fsp3) is 0.818. The molecule has 0 aliphatic heterocycles. The minimum absolute atomic E-state index is 0.0760. The van der Waals surface area contributed by atoms with E-state index >= 15 is 0 Å². The summed E-state index contributed by atoms with van der Waals surface area (Å²) in [7, 11) is 0. The molecule has 0 aromatic carbocycles. The molecule has 1 aliphatic rings. The SMILES string of the molecule is N#CCCNC(=O)COC1CCCC1CN. The van der Waals surface area contributed by atoms with E-state index in [0.717, 1.165) is 19.3 Å². The van der Waals surface area contributed by atoms with Crippen LogP contribution in [0.5, 0.6) is 0 Å². The molecule has 0 aromatic heterocycles. The van der Waals surface area contributed by atoms with Gasteiger partial charge in [-0.05, 0) is 25.3 Å². The third kappa shape index (κ3) is 4.17. The van der Waals surface area contributed by atoms with Gasteiger partial charge in [0.25, 0.3) is 0 Å². The van der Waals surface area contributed by atoms with Crippen LogP contribution in [-0.2, 0) is 9.53 Å². The molecule has 1 amide bonds. The van der Waals surface area contributed by atoms with Crippen LogP contribution in [0.15, 0.2) is 0 Å². The first kappa shape index (κ1) is 12.9. The highest BCUT2D eigenvalue weighted by Gasteiger charge is 2.27. The monoisotopic (exact) mass is 225 g/mol. The molecule has 16 heavy (non-hydrogen) atoms. The second-order valence-electron chi connectivity index (χ2n) is 4.03. The highest BCUT2D eigenvalue weighted by Crippen LogP contribution is 2.27. The van der Waals surface area contributed by atoms with Crippen molar-refractivity contribution in [2.45, 2.75) is 31.8 Å². The predicted molar refractivity (Wildman–Crippen MR) is 59.4 cm³/mol. The Labute approximate surface area is 95.9 Å². The lowest BCUT2D eigenvalue weighted by Gasteiger charge is -2.18. The van der Waals surface area contributed by atoms with Crippen molar-refractivity contribution in [3.63, 3.8) is 0 Å². The first-order chi connectivity index (χ1) is 7.77. The van der Waals surface area contributed by atoms with Crippen molar-refractivity contribution in [2.24, 2.45) is 11.7 Å². The lowest BCUT2D eigenvalue weighted by atomic mass is 10.1. The highest BCUT2D eigenvalue weighted by molar-refractivity contribution is 5.77. The Kier molecular flexibility index (Phi) is 5.83. The smallest absolute Gasteiger partial charge is 0.246 e. The van der Waals surface area contributed by atoms with Gasteiger partial charge in [0.15, 0.2) is 0 Å². The van der Waals surface area contributed by atoms with Crippen molar-refractivity contribution in [1.82, 2.24) is 5.32 Å². The zero-order valence-electron chi connectivity index (χ0n) is 9.45. The van der Waals surface area contributed by atoms with Gasteiger partial charge in [-0.25, -0.2) is 0 Å². The Morgan fingerprint density at radius 2 is 2.38 bits per heavy atom. The van der Waals surface area contributed by atoms with Crippen LogP contribution >= 0.6 is 0 Å². The van der Waals surface area contributed by atoms with Crippen LogP contribution in [0.3, 0.4) is 0 Å². The van der Waals surface area contributed by atoms with Gasteiger partial charge in [0.2, 0.25) is 5.91 Å². The van der Waals surface area contributed by atoms with Crippen molar-refractivity contribution in [3.8, 4) is 6.07 Å². The van der Waals surface area contributed by atoms with E-state index in [4.69, 9.17) is 15.7 Å². The quantitative estimate of drug-likeness (QED) is 0.630. The largest absolute Gasteiger partial charge is 0.368 e. The molecule has 1 saturated carbocycles. The maximum absolute atomic E-state index is 11.3. The van der Waals surface area contributed by atoms with Gasteiger partial charge in [0, 0.05) is 6.54 Å². The van der Waals surface area contributed by atoms with E-state index in [1.807, 2.05) is 6.07 Å². The molecule has 3 N–H and O–H groups in total. The van der Waals surface area contributed by atoms with Crippen molar-refractivity contribution < 1.29 is 9.53 Å². The van der Waals surface area contributed by atoms with Crippen LogP contribution in [0.25, 0.3) is 0 Å². The van der Waals surface area contributed by atoms with Crippen molar-refractivity contribution in [1.29, 1.82) is 5.26 Å². The summed E-state index contributed by atoms with van der Waals surface area (Å²) in [5.74, 6) is 0.241. The fourth-order valence-corrected chi connectivity index (χ4v) is 1.98. The van der Waals surface area contributed by atoms with Crippen molar-refractivity contribution in [2.75, 3.05) is 19.7 Å². The summed E-state index contributed by atoms with van der Waals surface area (Å²) in [5.41, 5.74) is 5.61. The molecule has 0 bridgehead atoms. The van der Waals surface area contributed by atoms with E-state index < -0.39 is 0 Å². The van der Waals surface area contributed by atoms with E-state index in [9.17, 15) is 4.79 Å². The van der Waals surface area contributed by atoms with Gasteiger partial charge in [-0.1, -0.05) is 6.42 Å². The summed E-state index contributed by atoms with van der Waals surface area (Å²) in [6.07, 6.45) is 3.68. The zero-order valence-corrected chi connectivity index (χ0v) is 9.45. The van der Waals surface area contributed by atoms with Crippen LogP contribution < -0.4 is 11.1 Å². The molecule has 0 spiro atoms. The zero-order chi connectivity index (χ0) is 11.8. The van der Waals surface area contributed by atoms with Gasteiger partial charge in [-0.15, -0.1) is 0 Å². The highest BCUT2D eigenvalue weighted by atomic mass is 16.5. The Balaban J connectivity index is 2.14. The maximum atomic E-state index is 11.3. The first-order valence-corrected chi connectivity index (χ1v) is 5.73. The van der Waals surface area contributed by atoms with Crippen molar-refractivity contribution in [3.05, 3.63) is 0 Å². The second-order valence-corrected chi connectivity index (χ2v) is 4.03. The number of nitrogens with one attached hydrogen (secondary N) is 1. The molecule has 5 heteroatoms. The fourth-order valence-electron chi connectivity index (χ4n) is 1.98. The average molecular weight is 225 g/mol. The van der Waals surface area contributed by atoms with Gasteiger partial charge in [-0.3, -0.25) is 4.79 Å². The number of ether oxygens (including phenoxy) is 1. The molecule has 0 radical (unpaired) electrons. The molecule has 2 atom stereocenters. The number of hydrogen-bond donors (Lipinski definition) is 2. The number of amides is 1. The lowest BCUT2D eigenvalue weighted by molar-refractivity contribution is -0.128. The summed E-state index contributed by atoms with van der Waals surface area (Å²) < 4.78 is 5.52. The van der Waals surface area contributed by atoms with E-state index in [0.29, 0.717) is 25.4 Å². The van der Waals surface area contributed by atoms with Crippen LogP contribution in [0.2, 0.25) is 0 Å². The number of hydrogen-bond acceptors (Lipinski definition) is 4. The Bertz CT molecular complexity index is 262. The first-order valence-electron chi connectivity index (χ1n) is 5.73. The van der Waals surface area contributed by atoms with Crippen LogP contribution in [0.1, 0.15) is 25.7 Å². The summed E-state index contributed by atoms with van der Waals surface area (Å²) >= 11 is 0. The van der Waals surface area contributed by atoms with Gasteiger partial charge < -0.3 is 15.8 Å². The summed E-state index contributed by atoms with van der Waals surface area (Å²) in [6.45, 7) is 1.09. The minimum atomic E-state index is -0.155. The van der Waals surface area contributed by atoms with E-state index in [-0.39, 0.29) is 18.6 Å². The van der Waals surface area contributed by atoms with Crippen LogP contribution in [-0.4, -0.2) is 31.7 Å². The van der Waals surface area contributed by atoms with E-state index in [1.165, 1.54) is 0 Å². The molecule has 1 rings (SSSR count). The van der Waals surface area contributed by atoms with Gasteiger partial charge in [-0.2, -0.15) is 5.26 Å². The topological polar surface area (TPSA) is 88.1 Å². The third-order valence-electron chi connectivity index (χ3n) is 2.88. The van der Waals surface area contributed by atoms with Crippen LogP contribution in [0.4, 0.5) is 0 Å². The summed E-state index contributed by atoms with van der Waals surface area (Å²) in [6, 6.07) is 1.96. The summed E-state index contributed by atoms with van der Waals surface area (Å²) in [4.78, 5) is 11.3. The molecule has 2 unspecified atom stereocenters. The predicted octanol–water partition coefficient (Wildman–Crippen LogP) is 0.160. The number of carbonyl (C=O) groups excluding carboxylic acids is 1. The molecule has 90 valence electrons. The lowest BCUT2D eigenvalue weighted by Crippen LogP contribution is -2.33. The molecular formula is C11H19N3O2. The molecule has 1 fully saturated rings. The molecule has 1 aliphatic carbocycles. The number of nitrogens with zero attached hydrogens (tertiary/aromatic N) is 1. The number of carbonyl (C=O) groups is 1.